The molecule has 182 valence electrons. The first kappa shape index (κ1) is 23.0. The van der Waals surface area contributed by atoms with E-state index in [-0.39, 0.29) is 28.9 Å². The highest BCUT2D eigenvalue weighted by Gasteiger charge is 2.30. The van der Waals surface area contributed by atoms with Crippen molar-refractivity contribution in [1.29, 1.82) is 0 Å². The lowest BCUT2D eigenvalue weighted by Crippen LogP contribution is -2.47. The Labute approximate surface area is 201 Å². The molecule has 1 aliphatic heterocycles. The normalized spacial score (nSPS) is 18.6. The molecule has 8 nitrogen and oxygen atoms in total. The van der Waals surface area contributed by atoms with E-state index in [9.17, 15) is 19.5 Å². The van der Waals surface area contributed by atoms with Crippen molar-refractivity contribution in [2.24, 2.45) is 5.73 Å². The van der Waals surface area contributed by atoms with E-state index >= 15 is 4.39 Å². The van der Waals surface area contributed by atoms with E-state index in [4.69, 9.17) is 5.73 Å². The summed E-state index contributed by atoms with van der Waals surface area (Å²) < 4.78 is 16.9. The largest absolute Gasteiger partial charge is 0.477 e. The van der Waals surface area contributed by atoms with Crippen LogP contribution >= 0.6 is 0 Å². The van der Waals surface area contributed by atoms with Gasteiger partial charge in [-0.05, 0) is 43.4 Å². The fourth-order valence-corrected chi connectivity index (χ4v) is 4.77. The second-order valence-corrected chi connectivity index (χ2v) is 9.37. The van der Waals surface area contributed by atoms with Gasteiger partial charge < -0.3 is 25.6 Å². The summed E-state index contributed by atoms with van der Waals surface area (Å²) in [5, 5.41) is 12.5. The molecule has 3 aromatic rings. The fourth-order valence-electron chi connectivity index (χ4n) is 4.77. The van der Waals surface area contributed by atoms with Crippen LogP contribution in [-0.4, -0.2) is 46.7 Å². The molecule has 9 heteroatoms. The van der Waals surface area contributed by atoms with Crippen molar-refractivity contribution < 1.29 is 19.1 Å². The minimum Gasteiger partial charge on any atom is -0.477 e. The summed E-state index contributed by atoms with van der Waals surface area (Å²) in [4.78, 5) is 38.7. The number of carbonyl (C=O) groups excluding carboxylic acids is 1. The Balaban J connectivity index is 1.35. The first-order valence-corrected chi connectivity index (χ1v) is 11.8. The summed E-state index contributed by atoms with van der Waals surface area (Å²) in [7, 11) is 0. The van der Waals surface area contributed by atoms with Gasteiger partial charge in [-0.15, -0.1) is 0 Å². The van der Waals surface area contributed by atoms with Gasteiger partial charge in [0, 0.05) is 36.8 Å². The SMILES string of the molecule is N[C@@H](Cc1ccccc1)C(=O)N[C@@H]1CCN(c2cc3c(cc2F)c(=O)c(C(=O)O)cn3C2CC2)C1. The number of hydrogen-bond donors (Lipinski definition) is 3. The van der Waals surface area contributed by atoms with Crippen LogP contribution in [0.15, 0.2) is 53.5 Å². The van der Waals surface area contributed by atoms with Gasteiger partial charge in [0.05, 0.1) is 17.2 Å². The maximum absolute atomic E-state index is 15.1. The van der Waals surface area contributed by atoms with E-state index in [1.165, 1.54) is 6.20 Å². The van der Waals surface area contributed by atoms with Gasteiger partial charge in [0.1, 0.15) is 11.4 Å². The smallest absolute Gasteiger partial charge is 0.341 e. The summed E-state index contributed by atoms with van der Waals surface area (Å²) in [5.74, 6) is -2.16. The van der Waals surface area contributed by atoms with Gasteiger partial charge in [-0.1, -0.05) is 30.3 Å². The number of carbonyl (C=O) groups is 2. The van der Waals surface area contributed by atoms with Gasteiger partial charge in [0.2, 0.25) is 11.3 Å². The number of carboxylic acid groups (broad SMARTS) is 1. The number of halogens is 1. The molecule has 1 aliphatic carbocycles. The minimum absolute atomic E-state index is 0.0639. The van der Waals surface area contributed by atoms with Crippen LogP contribution in [0.5, 0.6) is 0 Å². The Morgan fingerprint density at radius 1 is 1.17 bits per heavy atom. The van der Waals surface area contributed by atoms with Crippen LogP contribution in [0, 0.1) is 5.82 Å². The number of fused-ring (bicyclic) bond motifs is 1. The zero-order valence-corrected chi connectivity index (χ0v) is 19.1. The minimum atomic E-state index is -1.32. The van der Waals surface area contributed by atoms with Crippen molar-refractivity contribution in [2.75, 3.05) is 18.0 Å². The van der Waals surface area contributed by atoms with Crippen LogP contribution in [0.4, 0.5) is 10.1 Å². The highest BCUT2D eigenvalue weighted by Crippen LogP contribution is 2.38. The van der Waals surface area contributed by atoms with Crippen LogP contribution in [0.2, 0.25) is 0 Å². The van der Waals surface area contributed by atoms with Crippen molar-refractivity contribution >= 4 is 28.5 Å². The molecule has 1 saturated heterocycles. The van der Waals surface area contributed by atoms with Crippen molar-refractivity contribution in [3.8, 4) is 0 Å². The van der Waals surface area contributed by atoms with Crippen molar-refractivity contribution in [1.82, 2.24) is 9.88 Å². The monoisotopic (exact) mass is 478 g/mol. The van der Waals surface area contributed by atoms with E-state index in [0.29, 0.717) is 37.1 Å². The van der Waals surface area contributed by atoms with Crippen LogP contribution in [0.1, 0.15) is 41.2 Å². The average Bonchev–Trinajstić information content (AvgIpc) is 3.58. The Morgan fingerprint density at radius 2 is 1.91 bits per heavy atom. The van der Waals surface area contributed by atoms with Gasteiger partial charge in [0.25, 0.3) is 0 Å². The molecule has 35 heavy (non-hydrogen) atoms. The van der Waals surface area contributed by atoms with Crippen LogP contribution in [0.3, 0.4) is 0 Å². The number of nitrogens with zero attached hydrogens (tertiary/aromatic N) is 2. The molecule has 1 aromatic heterocycles. The van der Waals surface area contributed by atoms with E-state index < -0.39 is 23.3 Å². The molecule has 0 bridgehead atoms. The lowest BCUT2D eigenvalue weighted by molar-refractivity contribution is -0.122. The number of pyridine rings is 1. The molecule has 5 rings (SSSR count). The maximum Gasteiger partial charge on any atom is 0.341 e. The van der Waals surface area contributed by atoms with Crippen molar-refractivity contribution in [3.63, 3.8) is 0 Å². The summed E-state index contributed by atoms with van der Waals surface area (Å²) in [6.45, 7) is 0.940. The number of aromatic carboxylic acids is 1. The predicted molar refractivity (Wildman–Crippen MR) is 130 cm³/mol. The first-order valence-electron chi connectivity index (χ1n) is 11.8. The average molecular weight is 479 g/mol. The quantitative estimate of drug-likeness (QED) is 0.480. The third kappa shape index (κ3) is 4.64. The second-order valence-electron chi connectivity index (χ2n) is 9.37. The number of nitrogens with two attached hydrogens (primary N) is 1. The molecule has 2 aliphatic rings. The molecular weight excluding hydrogens is 451 g/mol. The molecule has 1 amide bonds. The van der Waals surface area contributed by atoms with Crippen LogP contribution in [-0.2, 0) is 11.2 Å². The summed E-state index contributed by atoms with van der Waals surface area (Å²) >= 11 is 0. The number of anilines is 1. The summed E-state index contributed by atoms with van der Waals surface area (Å²) in [6, 6.07) is 11.6. The Bertz CT molecular complexity index is 1350. The third-order valence-electron chi connectivity index (χ3n) is 6.78. The predicted octanol–water partition coefficient (Wildman–Crippen LogP) is 2.44. The zero-order chi connectivity index (χ0) is 24.7. The number of rotatable bonds is 7. The summed E-state index contributed by atoms with van der Waals surface area (Å²) in [5.41, 5.74) is 6.90. The van der Waals surface area contributed by atoms with Gasteiger partial charge >= 0.3 is 5.97 Å². The molecule has 2 fully saturated rings. The molecule has 4 N–H and O–H groups in total. The van der Waals surface area contributed by atoms with Gasteiger partial charge in [0.15, 0.2) is 0 Å². The van der Waals surface area contributed by atoms with Crippen molar-refractivity contribution in [2.45, 2.75) is 43.8 Å². The van der Waals surface area contributed by atoms with E-state index in [1.807, 2.05) is 35.2 Å². The highest BCUT2D eigenvalue weighted by molar-refractivity contribution is 5.93. The Hall–Kier alpha value is -3.72. The standard InChI is InChI=1S/C26H27FN4O4/c27-20-11-18-22(31(17-6-7-17)14-19(24(18)32)26(34)35)12-23(20)30-9-8-16(13-30)29-25(33)21(28)10-15-4-2-1-3-5-15/h1-5,11-12,14,16-17,21H,6-10,13,28H2,(H,29,33)(H,34,35)/t16-,21+/m1/s1. The number of amides is 1. The molecule has 2 atom stereocenters. The molecular formula is C26H27FN4O4. The number of hydrogen-bond acceptors (Lipinski definition) is 5. The fraction of sp³-hybridized carbons (Fsp3) is 0.346. The van der Waals surface area contributed by atoms with Crippen molar-refractivity contribution in [3.05, 3.63) is 75.8 Å². The van der Waals surface area contributed by atoms with Gasteiger partial charge in [-0.25, -0.2) is 9.18 Å². The van der Waals surface area contributed by atoms with Crippen LogP contribution < -0.4 is 21.4 Å². The molecule has 1 saturated carbocycles. The summed E-state index contributed by atoms with van der Waals surface area (Å²) in [6.07, 6.45) is 4.19. The van der Waals surface area contributed by atoms with Crippen LogP contribution in [0.25, 0.3) is 10.9 Å². The second kappa shape index (κ2) is 9.14. The highest BCUT2D eigenvalue weighted by atomic mass is 19.1. The Morgan fingerprint density at radius 3 is 2.60 bits per heavy atom. The number of carboxylic acids is 1. The molecule has 2 aromatic carbocycles. The third-order valence-corrected chi connectivity index (χ3v) is 6.78. The topological polar surface area (TPSA) is 118 Å². The van der Waals surface area contributed by atoms with E-state index in [1.54, 1.807) is 10.6 Å². The number of benzene rings is 2. The van der Waals surface area contributed by atoms with Gasteiger partial charge in [-0.2, -0.15) is 0 Å². The first-order chi connectivity index (χ1) is 16.8. The zero-order valence-electron chi connectivity index (χ0n) is 19.1. The lowest BCUT2D eigenvalue weighted by Gasteiger charge is -2.22. The molecule has 0 radical (unpaired) electrons. The number of aromatic nitrogens is 1. The maximum atomic E-state index is 15.1. The molecule has 0 spiro atoms. The van der Waals surface area contributed by atoms with E-state index in [0.717, 1.165) is 24.5 Å². The van der Waals surface area contributed by atoms with Gasteiger partial charge in [-0.3, -0.25) is 9.59 Å². The molecule has 2 heterocycles. The lowest BCUT2D eigenvalue weighted by atomic mass is 10.1. The molecule has 0 unspecified atom stereocenters. The van der Waals surface area contributed by atoms with E-state index in [2.05, 4.69) is 5.32 Å². The Kier molecular flexibility index (Phi) is 6.02. The number of nitrogens with one attached hydrogen (secondary N) is 1.